The zero-order chi connectivity index (χ0) is 27.0. The third kappa shape index (κ3) is 4.20. The molecule has 0 unspecified atom stereocenters. The summed E-state index contributed by atoms with van der Waals surface area (Å²) in [6, 6.07) is 13.4. The summed E-state index contributed by atoms with van der Waals surface area (Å²) < 4.78 is 0. The van der Waals surface area contributed by atoms with Gasteiger partial charge < -0.3 is 21.4 Å². The molecule has 6 heteroatoms. The Hall–Kier alpha value is -3.22. The van der Waals surface area contributed by atoms with Gasteiger partial charge in [-0.3, -0.25) is 0 Å². The average Bonchev–Trinajstić information content (AvgIpc) is 3.50. The Labute approximate surface area is 225 Å². The van der Waals surface area contributed by atoms with E-state index < -0.39 is 0 Å². The predicted octanol–water partition coefficient (Wildman–Crippen LogP) is 6.42. The second-order valence-electron chi connectivity index (χ2n) is 13.3. The summed E-state index contributed by atoms with van der Waals surface area (Å²) in [6.45, 7) is 12.9. The number of fused-ring (bicyclic) bond motifs is 6. The van der Waals surface area contributed by atoms with Gasteiger partial charge >= 0.3 is 0 Å². The van der Waals surface area contributed by atoms with Crippen molar-refractivity contribution in [2.75, 3.05) is 0 Å². The monoisotopic (exact) mass is 508 g/mol. The summed E-state index contributed by atoms with van der Waals surface area (Å²) in [7, 11) is 0. The molecule has 0 aliphatic heterocycles. The summed E-state index contributed by atoms with van der Waals surface area (Å²) in [6.07, 6.45) is 3.85. The number of aromatic amines is 2. The maximum Gasteiger partial charge on any atom is 0.124 e. The molecule has 2 aromatic carbocycles. The lowest BCUT2D eigenvalue weighted by molar-refractivity contribution is 0.316. The van der Waals surface area contributed by atoms with Crippen molar-refractivity contribution in [3.63, 3.8) is 0 Å². The van der Waals surface area contributed by atoms with Gasteiger partial charge in [-0.2, -0.15) is 0 Å². The summed E-state index contributed by atoms with van der Waals surface area (Å²) in [4.78, 5) is 16.9. The highest BCUT2D eigenvalue weighted by Crippen LogP contribution is 2.40. The number of rotatable bonds is 3. The average molecular weight is 509 g/mol. The molecule has 2 atom stereocenters. The molecular formula is C32H40N6. The van der Waals surface area contributed by atoms with Crippen LogP contribution in [0.3, 0.4) is 0 Å². The topological polar surface area (TPSA) is 109 Å². The first-order valence-corrected chi connectivity index (χ1v) is 13.9. The number of nitrogens with two attached hydrogens (primary N) is 2. The van der Waals surface area contributed by atoms with Crippen LogP contribution in [0.5, 0.6) is 0 Å². The van der Waals surface area contributed by atoms with Crippen LogP contribution in [0, 0.1) is 10.8 Å². The Balaban J connectivity index is 1.31. The quantitative estimate of drug-likeness (QED) is 0.256. The summed E-state index contributed by atoms with van der Waals surface area (Å²) in [5.74, 6) is 1.78. The Morgan fingerprint density at radius 1 is 0.632 bits per heavy atom. The fourth-order valence-corrected chi connectivity index (χ4v) is 5.74. The van der Waals surface area contributed by atoms with E-state index >= 15 is 0 Å². The molecule has 0 saturated carbocycles. The minimum absolute atomic E-state index is 0.0449. The molecule has 6 N–H and O–H groups in total. The zero-order valence-electron chi connectivity index (χ0n) is 23.5. The van der Waals surface area contributed by atoms with Crippen molar-refractivity contribution in [3.8, 4) is 33.6 Å². The van der Waals surface area contributed by atoms with Crippen molar-refractivity contribution in [2.24, 2.45) is 22.3 Å². The lowest BCUT2D eigenvalue weighted by Crippen LogP contribution is -2.27. The van der Waals surface area contributed by atoms with Crippen molar-refractivity contribution in [3.05, 3.63) is 70.6 Å². The summed E-state index contributed by atoms with van der Waals surface area (Å²) in [5, 5.41) is 0. The maximum absolute atomic E-state index is 6.52. The van der Waals surface area contributed by atoms with E-state index in [1.54, 1.807) is 0 Å². The van der Waals surface area contributed by atoms with E-state index in [0.717, 1.165) is 60.1 Å². The number of hydrogen-bond acceptors (Lipinski definition) is 4. The van der Waals surface area contributed by atoms with Crippen molar-refractivity contribution in [1.29, 1.82) is 0 Å². The summed E-state index contributed by atoms with van der Waals surface area (Å²) in [5.41, 5.74) is 25.2. The Kier molecular flexibility index (Phi) is 5.71. The first-order valence-electron chi connectivity index (χ1n) is 13.9. The van der Waals surface area contributed by atoms with Crippen LogP contribution in [0.25, 0.3) is 33.6 Å². The normalized spacial score (nSPS) is 16.3. The molecule has 6 nitrogen and oxygen atoms in total. The fraction of sp³-hybridized carbons (Fsp3) is 0.438. The molecule has 198 valence electrons. The molecule has 0 amide bonds. The number of hydrogen-bond donors (Lipinski definition) is 4. The Morgan fingerprint density at radius 3 is 1.39 bits per heavy atom. The highest BCUT2D eigenvalue weighted by molar-refractivity contribution is 5.78. The molecule has 38 heavy (non-hydrogen) atoms. The van der Waals surface area contributed by atoms with Gasteiger partial charge in [0.1, 0.15) is 11.6 Å². The first kappa shape index (κ1) is 25.1. The van der Waals surface area contributed by atoms with Gasteiger partial charge in [0, 0.05) is 11.1 Å². The second kappa shape index (κ2) is 8.65. The van der Waals surface area contributed by atoms with E-state index in [4.69, 9.17) is 21.4 Å². The standard InChI is InChI=1S/C32H40N6/c1-31(2,3)27(33)29-35-23-13-9-19-15-17(7-11-21(19)25(23)37-29)18-8-12-22-20(16-18)10-14-24-26(22)38-30(36-24)28(34)32(4,5)6/h7-8,11-12,15-16,27-28H,9-10,13-14,33-34H2,1-6H3,(H,35,37)(H,36,38)/t27-,28-/m1/s1. The SMILES string of the molecule is CC(C)(C)[C@H](N)c1nc2c([nH]1)-c1ccc(-c3ccc4c(c3)CCc3nc([C@@H](N)C(C)(C)C)[nH]c3-4)cc1CC2. The molecule has 2 heterocycles. The molecule has 0 fully saturated rings. The molecule has 2 aromatic heterocycles. The third-order valence-electron chi connectivity index (χ3n) is 8.39. The Bertz CT molecular complexity index is 1410. The van der Waals surface area contributed by atoms with Crippen LogP contribution in [0.2, 0.25) is 0 Å². The number of H-pyrrole nitrogens is 2. The highest BCUT2D eigenvalue weighted by atomic mass is 15.0. The van der Waals surface area contributed by atoms with E-state index in [0.29, 0.717) is 0 Å². The fourth-order valence-electron chi connectivity index (χ4n) is 5.74. The number of aryl methyl sites for hydroxylation is 4. The molecule has 6 rings (SSSR count). The van der Waals surface area contributed by atoms with Gasteiger partial charge in [-0.25, -0.2) is 9.97 Å². The highest BCUT2D eigenvalue weighted by Gasteiger charge is 2.30. The third-order valence-corrected chi connectivity index (χ3v) is 8.39. The molecule has 0 saturated heterocycles. The number of imidazole rings is 2. The van der Waals surface area contributed by atoms with E-state index in [1.807, 2.05) is 0 Å². The van der Waals surface area contributed by atoms with Crippen LogP contribution in [-0.2, 0) is 25.7 Å². The van der Waals surface area contributed by atoms with Gasteiger partial charge in [-0.05, 0) is 58.8 Å². The lowest BCUT2D eigenvalue weighted by atomic mass is 9.87. The lowest BCUT2D eigenvalue weighted by Gasteiger charge is -2.25. The van der Waals surface area contributed by atoms with Crippen LogP contribution in [0.1, 0.15) is 87.8 Å². The maximum atomic E-state index is 6.52. The smallest absolute Gasteiger partial charge is 0.124 e. The van der Waals surface area contributed by atoms with Crippen LogP contribution in [0.15, 0.2) is 36.4 Å². The van der Waals surface area contributed by atoms with Gasteiger partial charge in [-0.1, -0.05) is 77.9 Å². The number of aromatic nitrogens is 4. The number of benzene rings is 2. The predicted molar refractivity (Wildman–Crippen MR) is 155 cm³/mol. The van der Waals surface area contributed by atoms with E-state index in [9.17, 15) is 0 Å². The van der Waals surface area contributed by atoms with Crippen molar-refractivity contribution >= 4 is 0 Å². The molecule has 0 bridgehead atoms. The van der Waals surface area contributed by atoms with Crippen LogP contribution < -0.4 is 11.5 Å². The van der Waals surface area contributed by atoms with E-state index in [2.05, 4.69) is 87.9 Å². The van der Waals surface area contributed by atoms with Crippen molar-refractivity contribution < 1.29 is 0 Å². The molecule has 4 aromatic rings. The van der Waals surface area contributed by atoms with Crippen LogP contribution in [0.4, 0.5) is 0 Å². The molecule has 2 aliphatic rings. The first-order chi connectivity index (χ1) is 17.9. The second-order valence-corrected chi connectivity index (χ2v) is 13.3. The minimum Gasteiger partial charge on any atom is -0.340 e. The van der Waals surface area contributed by atoms with Gasteiger partial charge in [0.15, 0.2) is 0 Å². The van der Waals surface area contributed by atoms with E-state index in [1.165, 1.54) is 33.4 Å². The largest absolute Gasteiger partial charge is 0.340 e. The van der Waals surface area contributed by atoms with Gasteiger partial charge in [0.05, 0.1) is 34.9 Å². The molecule has 0 radical (unpaired) electrons. The van der Waals surface area contributed by atoms with Crippen LogP contribution in [-0.4, -0.2) is 19.9 Å². The van der Waals surface area contributed by atoms with Gasteiger partial charge in [-0.15, -0.1) is 0 Å². The van der Waals surface area contributed by atoms with Crippen LogP contribution >= 0.6 is 0 Å². The van der Waals surface area contributed by atoms with Crippen molar-refractivity contribution in [2.45, 2.75) is 79.3 Å². The number of nitrogens with zero attached hydrogens (tertiary/aromatic N) is 2. The van der Waals surface area contributed by atoms with E-state index in [-0.39, 0.29) is 22.9 Å². The van der Waals surface area contributed by atoms with Crippen molar-refractivity contribution in [1.82, 2.24) is 19.9 Å². The molecular weight excluding hydrogens is 468 g/mol. The van der Waals surface area contributed by atoms with Gasteiger partial charge in [0.25, 0.3) is 0 Å². The minimum atomic E-state index is -0.123. The number of nitrogens with one attached hydrogen (secondary N) is 2. The van der Waals surface area contributed by atoms with Gasteiger partial charge in [0.2, 0.25) is 0 Å². The summed E-state index contributed by atoms with van der Waals surface area (Å²) >= 11 is 0. The zero-order valence-corrected chi connectivity index (χ0v) is 23.5. The molecule has 0 spiro atoms. The molecule has 2 aliphatic carbocycles. The Morgan fingerprint density at radius 2 is 1.03 bits per heavy atom.